The molecule has 0 aromatic heterocycles. The van der Waals surface area contributed by atoms with Crippen LogP contribution in [-0.2, 0) is 4.79 Å². The van der Waals surface area contributed by atoms with Crippen molar-refractivity contribution in [2.24, 2.45) is 0 Å². The molecule has 0 atom stereocenters. The normalized spacial score (nSPS) is 8.91. The van der Waals surface area contributed by atoms with E-state index in [0.29, 0.717) is 6.42 Å². The minimum Gasteiger partial charge on any atom is -0.312 e. The maximum Gasteiger partial charge on any atom is 0.221 e. The minimum absolute atomic E-state index is 0.221. The van der Waals surface area contributed by atoms with E-state index in [4.69, 9.17) is 11.6 Å². The van der Waals surface area contributed by atoms with Crippen molar-refractivity contribution in [1.29, 1.82) is 0 Å². The van der Waals surface area contributed by atoms with Gasteiger partial charge in [-0.2, -0.15) is 0 Å². The van der Waals surface area contributed by atoms with Crippen LogP contribution in [0.4, 0.5) is 0 Å². The number of carbonyl (C=O) groups excluding carboxylic acids is 1. The van der Waals surface area contributed by atoms with Crippen molar-refractivity contribution in [2.75, 3.05) is 21.1 Å². The molecule has 0 aliphatic carbocycles. The second-order valence-electron chi connectivity index (χ2n) is 2.80. The van der Waals surface area contributed by atoms with E-state index in [2.05, 4.69) is 0 Å². The molecule has 0 spiro atoms. The van der Waals surface area contributed by atoms with Crippen LogP contribution in [0.1, 0.15) is 26.2 Å². The number of nitrogens with zero attached hydrogens (tertiary/aromatic N) is 1. The van der Waals surface area contributed by atoms with Crippen molar-refractivity contribution < 1.29 is 4.79 Å². The minimum atomic E-state index is -0.221. The van der Waals surface area contributed by atoms with Gasteiger partial charge in [-0.1, -0.05) is 13.3 Å². The Bertz CT molecular complexity index is 91.3. The fraction of sp³-hybridized carbons (Fsp3) is 0.875. The van der Waals surface area contributed by atoms with Crippen LogP contribution in [0.5, 0.6) is 0 Å². The van der Waals surface area contributed by atoms with Gasteiger partial charge in [0.2, 0.25) is 5.24 Å². The third-order valence-corrected chi connectivity index (χ3v) is 0.916. The van der Waals surface area contributed by atoms with E-state index < -0.39 is 0 Å². The van der Waals surface area contributed by atoms with Crippen molar-refractivity contribution in [1.82, 2.24) is 4.90 Å². The molecule has 0 aliphatic rings. The van der Waals surface area contributed by atoms with Gasteiger partial charge in [0, 0.05) is 6.42 Å². The van der Waals surface area contributed by atoms with Crippen LogP contribution in [0.3, 0.4) is 0 Å². The lowest BCUT2D eigenvalue weighted by Crippen LogP contribution is -1.99. The molecule has 0 N–H and O–H groups in total. The van der Waals surface area contributed by atoms with Gasteiger partial charge in [-0.15, -0.1) is 0 Å². The Morgan fingerprint density at radius 2 is 1.73 bits per heavy atom. The van der Waals surface area contributed by atoms with Crippen LogP contribution in [-0.4, -0.2) is 31.3 Å². The van der Waals surface area contributed by atoms with Gasteiger partial charge in [-0.05, 0) is 39.2 Å². The SMILES string of the molecule is CCCCC(=O)Cl.CN(C)C. The average Bonchev–Trinajstić information content (AvgIpc) is 1.82. The summed E-state index contributed by atoms with van der Waals surface area (Å²) in [6.45, 7) is 2.03. The first-order valence-electron chi connectivity index (χ1n) is 3.80. The van der Waals surface area contributed by atoms with Crippen molar-refractivity contribution in [3.05, 3.63) is 0 Å². The summed E-state index contributed by atoms with van der Waals surface area (Å²) >= 11 is 5.02. The molecule has 68 valence electrons. The van der Waals surface area contributed by atoms with E-state index >= 15 is 0 Å². The van der Waals surface area contributed by atoms with Crippen LogP contribution < -0.4 is 0 Å². The molecule has 0 saturated heterocycles. The summed E-state index contributed by atoms with van der Waals surface area (Å²) in [6, 6.07) is 0. The molecular formula is C8H18ClNO. The highest BCUT2D eigenvalue weighted by Gasteiger charge is 1.90. The summed E-state index contributed by atoms with van der Waals surface area (Å²) in [6.07, 6.45) is 2.48. The van der Waals surface area contributed by atoms with Crippen LogP contribution in [0.2, 0.25) is 0 Å². The summed E-state index contributed by atoms with van der Waals surface area (Å²) in [4.78, 5) is 12.0. The van der Waals surface area contributed by atoms with E-state index in [1.54, 1.807) is 0 Å². The van der Waals surface area contributed by atoms with Gasteiger partial charge >= 0.3 is 0 Å². The van der Waals surface area contributed by atoms with E-state index in [1.807, 2.05) is 33.0 Å². The summed E-state index contributed by atoms with van der Waals surface area (Å²) in [5, 5.41) is -0.221. The average molecular weight is 180 g/mol. The number of halogens is 1. The molecule has 3 heteroatoms. The number of hydrogen-bond acceptors (Lipinski definition) is 2. The maximum absolute atomic E-state index is 9.97. The molecule has 11 heavy (non-hydrogen) atoms. The lowest BCUT2D eigenvalue weighted by atomic mass is 10.3. The van der Waals surface area contributed by atoms with Crippen molar-refractivity contribution in [3.63, 3.8) is 0 Å². The second-order valence-corrected chi connectivity index (χ2v) is 3.22. The summed E-state index contributed by atoms with van der Waals surface area (Å²) in [7, 11) is 6.00. The van der Waals surface area contributed by atoms with Gasteiger partial charge in [-0.25, -0.2) is 0 Å². The summed E-state index contributed by atoms with van der Waals surface area (Å²) < 4.78 is 0. The maximum atomic E-state index is 9.97. The summed E-state index contributed by atoms with van der Waals surface area (Å²) in [5.74, 6) is 0. The third-order valence-electron chi connectivity index (χ3n) is 0.727. The van der Waals surface area contributed by atoms with Gasteiger partial charge in [0.15, 0.2) is 0 Å². The molecule has 0 rings (SSSR count). The van der Waals surface area contributed by atoms with Gasteiger partial charge < -0.3 is 4.90 Å². The molecule has 0 aliphatic heterocycles. The first-order valence-corrected chi connectivity index (χ1v) is 4.17. The van der Waals surface area contributed by atoms with Gasteiger partial charge in [-0.3, -0.25) is 4.79 Å². The quantitative estimate of drug-likeness (QED) is 0.619. The largest absolute Gasteiger partial charge is 0.312 e. The fourth-order valence-corrected chi connectivity index (χ4v) is 0.449. The van der Waals surface area contributed by atoms with Crippen LogP contribution >= 0.6 is 11.6 Å². The molecule has 0 bridgehead atoms. The molecule has 0 fully saturated rings. The highest BCUT2D eigenvalue weighted by atomic mass is 35.5. The van der Waals surface area contributed by atoms with Crippen molar-refractivity contribution >= 4 is 16.8 Å². The molecule has 0 aromatic rings. The third kappa shape index (κ3) is 40.5. The number of rotatable bonds is 3. The van der Waals surface area contributed by atoms with Crippen LogP contribution in [0.15, 0.2) is 0 Å². The first kappa shape index (κ1) is 13.5. The first-order chi connectivity index (χ1) is 5.00. The topological polar surface area (TPSA) is 20.3 Å². The number of hydrogen-bond donors (Lipinski definition) is 0. The molecule has 0 amide bonds. The molecule has 0 aromatic carbocycles. The molecule has 0 unspecified atom stereocenters. The zero-order valence-electron chi connectivity index (χ0n) is 7.85. The van der Waals surface area contributed by atoms with Crippen LogP contribution in [0, 0.1) is 0 Å². The highest BCUT2D eigenvalue weighted by Crippen LogP contribution is 1.96. The smallest absolute Gasteiger partial charge is 0.221 e. The van der Waals surface area contributed by atoms with Gasteiger partial charge in [0.25, 0.3) is 0 Å². The Balaban J connectivity index is 0. The zero-order chi connectivity index (χ0) is 9.28. The lowest BCUT2D eigenvalue weighted by molar-refractivity contribution is -0.111. The molecule has 0 saturated carbocycles. The molecule has 0 heterocycles. The Morgan fingerprint density at radius 1 is 1.36 bits per heavy atom. The second kappa shape index (κ2) is 9.92. The predicted octanol–water partition coefficient (Wildman–Crippen LogP) is 2.12. The van der Waals surface area contributed by atoms with E-state index in [-0.39, 0.29) is 5.24 Å². The fourth-order valence-electron chi connectivity index (χ4n) is 0.316. The predicted molar refractivity (Wildman–Crippen MR) is 50.0 cm³/mol. The van der Waals surface area contributed by atoms with Gasteiger partial charge in [0.1, 0.15) is 0 Å². The van der Waals surface area contributed by atoms with E-state index in [0.717, 1.165) is 12.8 Å². The van der Waals surface area contributed by atoms with Crippen molar-refractivity contribution in [2.45, 2.75) is 26.2 Å². The van der Waals surface area contributed by atoms with Crippen LogP contribution in [0.25, 0.3) is 0 Å². The standard InChI is InChI=1S/C5H9ClO.C3H9N/c1-2-3-4-5(6)7;1-4(2)3/h2-4H2,1H3;1-3H3. The zero-order valence-corrected chi connectivity index (χ0v) is 8.61. The molecule has 2 nitrogen and oxygen atoms in total. The summed E-state index contributed by atoms with van der Waals surface area (Å²) in [5.41, 5.74) is 0. The van der Waals surface area contributed by atoms with E-state index in [1.165, 1.54) is 0 Å². The highest BCUT2D eigenvalue weighted by molar-refractivity contribution is 6.63. The Kier molecular flexibility index (Phi) is 12.2. The van der Waals surface area contributed by atoms with Crippen molar-refractivity contribution in [3.8, 4) is 0 Å². The monoisotopic (exact) mass is 179 g/mol. The number of carbonyl (C=O) groups is 1. The Morgan fingerprint density at radius 3 is 1.82 bits per heavy atom. The molecular weight excluding hydrogens is 162 g/mol. The van der Waals surface area contributed by atoms with Gasteiger partial charge in [0.05, 0.1) is 0 Å². The Hall–Kier alpha value is -0.0800. The van der Waals surface area contributed by atoms with E-state index in [9.17, 15) is 4.79 Å². The number of unbranched alkanes of at least 4 members (excludes halogenated alkanes) is 1. The lowest BCUT2D eigenvalue weighted by Gasteiger charge is -1.90. The molecule has 0 radical (unpaired) electrons. The Labute approximate surface area is 74.5 Å².